The van der Waals surface area contributed by atoms with Crippen molar-refractivity contribution in [2.24, 2.45) is 0 Å². The summed E-state index contributed by atoms with van der Waals surface area (Å²) >= 11 is 0. The fourth-order valence-electron chi connectivity index (χ4n) is 3.29. The van der Waals surface area contributed by atoms with Gasteiger partial charge >= 0.3 is 0 Å². The number of unbranched alkanes of at least 4 members (excludes halogenated alkanes) is 17. The molecule has 0 aromatic rings. The molecule has 0 spiro atoms. The second-order valence-electron chi connectivity index (χ2n) is 7.70. The summed E-state index contributed by atoms with van der Waals surface area (Å²) in [6.07, 6.45) is 31.3. The molecule has 0 aromatic carbocycles. The molecule has 0 N–H and O–H groups in total. The van der Waals surface area contributed by atoms with Gasteiger partial charge in [-0.05, 0) is 23.7 Å². The van der Waals surface area contributed by atoms with Crippen LogP contribution in [0.3, 0.4) is 0 Å². The van der Waals surface area contributed by atoms with E-state index in [1.807, 2.05) is 0 Å². The lowest BCUT2D eigenvalue weighted by molar-refractivity contribution is -0.00000527. The van der Waals surface area contributed by atoms with Crippen molar-refractivity contribution in [2.45, 2.75) is 122 Å². The Labute approximate surface area is 164 Å². The predicted molar refractivity (Wildman–Crippen MR) is 113 cm³/mol. The lowest BCUT2D eigenvalue weighted by atomic mass is 10.0. The first kappa shape index (κ1) is 26.9. The molecule has 0 aromatic heterocycles. The monoisotopic (exact) mass is 378 g/mol. The van der Waals surface area contributed by atoms with Crippen LogP contribution in [-0.2, 0) is 10.9 Å². The van der Waals surface area contributed by atoms with E-state index in [0.717, 1.165) is 0 Å². The molecule has 0 nitrogen and oxygen atoms in total. The van der Waals surface area contributed by atoms with E-state index in [1.165, 1.54) is 121 Å². The second kappa shape index (κ2) is 23.6. The van der Waals surface area contributed by atoms with E-state index in [-0.39, 0.29) is 12.4 Å². The minimum atomic E-state index is 0. The number of hydrogen-bond acceptors (Lipinski definition) is 0. The largest absolute Gasteiger partial charge is 1.00 e. The van der Waals surface area contributed by atoms with Crippen LogP contribution in [0.4, 0.5) is 0 Å². The van der Waals surface area contributed by atoms with Gasteiger partial charge in [-0.3, -0.25) is 0 Å². The van der Waals surface area contributed by atoms with E-state index in [4.69, 9.17) is 0 Å². The summed E-state index contributed by atoms with van der Waals surface area (Å²) in [4.78, 5) is 0. The van der Waals surface area contributed by atoms with Crippen LogP contribution in [0.1, 0.15) is 122 Å². The first-order chi connectivity index (χ1) is 11.3. The van der Waals surface area contributed by atoms with Crippen molar-refractivity contribution in [2.75, 3.05) is 18.3 Å². The zero-order valence-corrected chi connectivity index (χ0v) is 18.8. The Hall–Kier alpha value is 0.640. The zero-order valence-electron chi connectivity index (χ0n) is 17.2. The first-order valence-electron chi connectivity index (χ1n) is 10.8. The van der Waals surface area contributed by atoms with Crippen molar-refractivity contribution in [3.63, 3.8) is 0 Å². The Morgan fingerprint density at radius 1 is 0.417 bits per heavy atom. The standard InChI is InChI=1S/C22H47S.ClH/c1-4-5-6-7-8-9-10-11-12-13-14-15-16-17-18-19-20-21-22-23(2)3;/h4-22H2,1-3H3;1H/q+1;/p-1. The third-order valence-corrected chi connectivity index (χ3v) is 6.01. The van der Waals surface area contributed by atoms with Crippen molar-refractivity contribution in [1.29, 1.82) is 0 Å². The summed E-state index contributed by atoms with van der Waals surface area (Å²) in [5, 5.41) is 0. The molecule has 0 aliphatic carbocycles. The van der Waals surface area contributed by atoms with Gasteiger partial charge in [-0.15, -0.1) is 0 Å². The molecule has 0 saturated heterocycles. The van der Waals surface area contributed by atoms with Crippen LogP contribution < -0.4 is 12.4 Å². The molecule has 0 saturated carbocycles. The van der Waals surface area contributed by atoms with Crippen LogP contribution in [0.2, 0.25) is 0 Å². The summed E-state index contributed by atoms with van der Waals surface area (Å²) < 4.78 is 0. The molecule has 0 aliphatic rings. The lowest BCUT2D eigenvalue weighted by Gasteiger charge is -2.03. The first-order valence-corrected chi connectivity index (χ1v) is 13.0. The predicted octanol–water partition coefficient (Wildman–Crippen LogP) is 4.91. The molecule has 24 heavy (non-hydrogen) atoms. The summed E-state index contributed by atoms with van der Waals surface area (Å²) in [5.74, 6) is 1.46. The Balaban J connectivity index is 0. The summed E-state index contributed by atoms with van der Waals surface area (Å²) in [7, 11) is 0.666. The molecule has 0 fully saturated rings. The van der Waals surface area contributed by atoms with Gasteiger partial charge in [0, 0.05) is 0 Å². The van der Waals surface area contributed by atoms with Crippen LogP contribution in [0.5, 0.6) is 0 Å². The molecular formula is C22H47ClS. The summed E-state index contributed by atoms with van der Waals surface area (Å²) in [5.41, 5.74) is 0. The van der Waals surface area contributed by atoms with E-state index >= 15 is 0 Å². The fraction of sp³-hybridized carbons (Fsp3) is 1.00. The van der Waals surface area contributed by atoms with Gasteiger partial charge < -0.3 is 12.4 Å². The Kier molecular flexibility index (Phi) is 26.5. The highest BCUT2D eigenvalue weighted by molar-refractivity contribution is 7.95. The number of rotatable bonds is 19. The van der Waals surface area contributed by atoms with Gasteiger partial charge in [0.25, 0.3) is 0 Å². The molecule has 0 atom stereocenters. The molecule has 0 bridgehead atoms. The fourth-order valence-corrected chi connectivity index (χ4v) is 4.07. The van der Waals surface area contributed by atoms with Crippen LogP contribution in [0.15, 0.2) is 0 Å². The van der Waals surface area contributed by atoms with Crippen LogP contribution in [0.25, 0.3) is 0 Å². The van der Waals surface area contributed by atoms with E-state index < -0.39 is 0 Å². The molecule has 0 radical (unpaired) electrons. The van der Waals surface area contributed by atoms with E-state index in [0.29, 0.717) is 10.9 Å². The van der Waals surface area contributed by atoms with E-state index in [2.05, 4.69) is 19.4 Å². The van der Waals surface area contributed by atoms with Gasteiger partial charge in [0.2, 0.25) is 0 Å². The quantitative estimate of drug-likeness (QED) is 0.221. The van der Waals surface area contributed by atoms with Crippen molar-refractivity contribution in [3.8, 4) is 0 Å². The smallest absolute Gasteiger partial charge is 0.107 e. The van der Waals surface area contributed by atoms with E-state index in [1.54, 1.807) is 0 Å². The molecule has 0 amide bonds. The minimum Gasteiger partial charge on any atom is -1.00 e. The highest BCUT2D eigenvalue weighted by Gasteiger charge is 2.00. The average Bonchev–Trinajstić information content (AvgIpc) is 2.53. The molecule has 0 unspecified atom stereocenters. The Morgan fingerprint density at radius 3 is 0.917 bits per heavy atom. The maximum Gasteiger partial charge on any atom is 0.107 e. The zero-order chi connectivity index (χ0) is 17.0. The van der Waals surface area contributed by atoms with Gasteiger partial charge in [0.1, 0.15) is 5.75 Å². The van der Waals surface area contributed by atoms with Crippen molar-refractivity contribution in [1.82, 2.24) is 0 Å². The second-order valence-corrected chi connectivity index (χ2v) is 10.1. The van der Waals surface area contributed by atoms with Gasteiger partial charge in [0.15, 0.2) is 0 Å². The number of halogens is 1. The third kappa shape index (κ3) is 24.9. The molecule has 0 aliphatic heterocycles. The normalized spacial score (nSPS) is 11.0. The van der Waals surface area contributed by atoms with Crippen LogP contribution in [-0.4, -0.2) is 18.3 Å². The summed E-state index contributed by atoms with van der Waals surface area (Å²) in [6, 6.07) is 0. The van der Waals surface area contributed by atoms with Crippen molar-refractivity contribution >= 4 is 10.9 Å². The minimum absolute atomic E-state index is 0. The third-order valence-electron chi connectivity index (χ3n) is 4.91. The number of hydrogen-bond donors (Lipinski definition) is 0. The van der Waals surface area contributed by atoms with Gasteiger partial charge in [-0.25, -0.2) is 0 Å². The molecule has 2 heteroatoms. The molecule has 0 rings (SSSR count). The maximum atomic E-state index is 2.37. The van der Waals surface area contributed by atoms with Gasteiger partial charge in [-0.2, -0.15) is 0 Å². The Morgan fingerprint density at radius 2 is 0.667 bits per heavy atom. The van der Waals surface area contributed by atoms with Crippen molar-refractivity contribution in [3.05, 3.63) is 0 Å². The summed E-state index contributed by atoms with van der Waals surface area (Å²) in [6.45, 7) is 2.30. The molecule has 0 heterocycles. The Bertz CT molecular complexity index is 206. The molecule has 148 valence electrons. The average molecular weight is 379 g/mol. The maximum absolute atomic E-state index is 2.37. The highest BCUT2D eigenvalue weighted by atomic mass is 35.5. The van der Waals surface area contributed by atoms with Gasteiger partial charge in [-0.1, -0.05) is 110 Å². The van der Waals surface area contributed by atoms with E-state index in [9.17, 15) is 0 Å². The van der Waals surface area contributed by atoms with Crippen molar-refractivity contribution < 1.29 is 12.4 Å². The highest BCUT2D eigenvalue weighted by Crippen LogP contribution is 2.14. The topological polar surface area (TPSA) is 0 Å². The lowest BCUT2D eigenvalue weighted by Crippen LogP contribution is -3.00. The van der Waals surface area contributed by atoms with Gasteiger partial charge in [0.05, 0.1) is 12.5 Å². The van der Waals surface area contributed by atoms with Crippen LogP contribution in [0, 0.1) is 0 Å². The van der Waals surface area contributed by atoms with Crippen LogP contribution >= 0.6 is 0 Å². The molecular weight excluding hydrogens is 332 g/mol. The SMILES string of the molecule is CCCCCCCCCCCCCCCCCCCC[S+](C)C.[Cl-].